The zero-order chi connectivity index (χ0) is 25.7. The number of allylic oxidation sites excluding steroid dienone is 2. The number of benzene rings is 1. The summed E-state index contributed by atoms with van der Waals surface area (Å²) >= 11 is 5.88. The van der Waals surface area contributed by atoms with Crippen molar-refractivity contribution in [3.8, 4) is 0 Å². The molecule has 2 aromatic rings. The third-order valence-corrected chi connectivity index (χ3v) is 7.65. The maximum absolute atomic E-state index is 14.8. The van der Waals surface area contributed by atoms with Gasteiger partial charge in [-0.2, -0.15) is 0 Å². The molecule has 1 aromatic carbocycles. The lowest BCUT2D eigenvalue weighted by Gasteiger charge is -2.42. The number of anilines is 1. The van der Waals surface area contributed by atoms with Gasteiger partial charge in [-0.25, -0.2) is 18.7 Å². The fourth-order valence-electron chi connectivity index (χ4n) is 5.39. The Morgan fingerprint density at radius 3 is 2.28 bits per heavy atom. The highest BCUT2D eigenvalue weighted by Crippen LogP contribution is 2.29. The van der Waals surface area contributed by atoms with E-state index in [1.807, 2.05) is 6.92 Å². The van der Waals surface area contributed by atoms with Crippen LogP contribution in [0.15, 0.2) is 49.0 Å². The van der Waals surface area contributed by atoms with E-state index < -0.39 is 11.6 Å². The van der Waals surface area contributed by atoms with E-state index in [1.165, 1.54) is 17.7 Å². The molecule has 7 heteroatoms. The Balaban J connectivity index is 1.17. The molecule has 0 amide bonds. The zero-order valence-corrected chi connectivity index (χ0v) is 22.0. The number of piperidine rings is 1. The normalized spacial score (nSPS) is 16.8. The molecule has 36 heavy (non-hydrogen) atoms. The minimum Gasteiger partial charge on any atom is -0.374 e. The van der Waals surface area contributed by atoms with Gasteiger partial charge in [-0.15, -0.1) is 6.58 Å². The van der Waals surface area contributed by atoms with Gasteiger partial charge < -0.3 is 9.80 Å². The number of nitrogens with zero attached hydrogens (tertiary/aromatic N) is 4. The van der Waals surface area contributed by atoms with Gasteiger partial charge in [-0.05, 0) is 68.6 Å². The molecule has 4 rings (SSSR count). The summed E-state index contributed by atoms with van der Waals surface area (Å²) in [5.74, 6) is 1.07. The number of hydrogen-bond donors (Lipinski definition) is 0. The van der Waals surface area contributed by atoms with Crippen LogP contribution in [0.5, 0.6) is 0 Å². The predicted octanol–water partition coefficient (Wildman–Crippen LogP) is 6.99. The van der Waals surface area contributed by atoms with Gasteiger partial charge in [-0.3, -0.25) is 0 Å². The highest BCUT2D eigenvalue weighted by atomic mass is 35.5. The summed E-state index contributed by atoms with van der Waals surface area (Å²) in [6.45, 7) is 13.7. The maximum Gasteiger partial charge on any atom is 0.225 e. The van der Waals surface area contributed by atoms with Crippen LogP contribution in [-0.2, 0) is 12.8 Å². The molecule has 2 aliphatic heterocycles. The second-order valence-electron chi connectivity index (χ2n) is 10.6. The van der Waals surface area contributed by atoms with Gasteiger partial charge in [-0.1, -0.05) is 36.6 Å². The number of rotatable bonds is 11. The van der Waals surface area contributed by atoms with E-state index in [-0.39, 0.29) is 12.0 Å². The molecule has 0 spiro atoms. The van der Waals surface area contributed by atoms with Crippen LogP contribution in [0.25, 0.3) is 0 Å². The SMILES string of the molecule is C=C(C)CC1CN(C(=C)Cc2c(F)cc(CCCCC3CCN(c4ncc(Cl)cn4)CC3)cc2F)C1. The van der Waals surface area contributed by atoms with E-state index in [4.69, 9.17) is 11.6 Å². The third-order valence-electron chi connectivity index (χ3n) is 7.46. The molecule has 3 heterocycles. The minimum atomic E-state index is -0.457. The molecule has 2 saturated heterocycles. The summed E-state index contributed by atoms with van der Waals surface area (Å²) in [5.41, 5.74) is 2.82. The average molecular weight is 515 g/mol. The number of aryl methyl sites for hydroxylation is 1. The van der Waals surface area contributed by atoms with Crippen LogP contribution < -0.4 is 4.90 Å². The second-order valence-corrected chi connectivity index (χ2v) is 11.0. The molecule has 2 aliphatic rings. The van der Waals surface area contributed by atoms with Crippen LogP contribution >= 0.6 is 11.6 Å². The van der Waals surface area contributed by atoms with Crippen molar-refractivity contribution in [1.82, 2.24) is 14.9 Å². The van der Waals surface area contributed by atoms with E-state index in [0.29, 0.717) is 23.3 Å². The lowest BCUT2D eigenvalue weighted by molar-refractivity contribution is 0.140. The summed E-state index contributed by atoms with van der Waals surface area (Å²) in [6, 6.07) is 3.02. The first kappa shape index (κ1) is 26.6. The summed E-state index contributed by atoms with van der Waals surface area (Å²) in [4.78, 5) is 12.9. The fourth-order valence-corrected chi connectivity index (χ4v) is 5.48. The molecule has 194 valence electrons. The lowest BCUT2D eigenvalue weighted by Crippen LogP contribution is -2.46. The Labute approximate surface area is 219 Å². The Morgan fingerprint density at radius 1 is 1.03 bits per heavy atom. The van der Waals surface area contributed by atoms with Crippen molar-refractivity contribution in [1.29, 1.82) is 0 Å². The van der Waals surface area contributed by atoms with E-state index >= 15 is 0 Å². The molecule has 0 bridgehead atoms. The van der Waals surface area contributed by atoms with Gasteiger partial charge in [0, 0.05) is 43.9 Å². The van der Waals surface area contributed by atoms with Gasteiger partial charge in [0.05, 0.1) is 17.4 Å². The number of aromatic nitrogens is 2. The first-order chi connectivity index (χ1) is 17.3. The van der Waals surface area contributed by atoms with Crippen LogP contribution in [-0.4, -0.2) is 41.0 Å². The number of unbranched alkanes of at least 4 members (excludes halogenated alkanes) is 1. The lowest BCUT2D eigenvalue weighted by atomic mass is 9.90. The fraction of sp³-hybridized carbons (Fsp3) is 0.517. The van der Waals surface area contributed by atoms with Crippen LogP contribution in [0.3, 0.4) is 0 Å². The topological polar surface area (TPSA) is 32.3 Å². The first-order valence-corrected chi connectivity index (χ1v) is 13.4. The number of halogens is 3. The molecule has 4 nitrogen and oxygen atoms in total. The molecule has 0 aliphatic carbocycles. The molecular weight excluding hydrogens is 478 g/mol. The van der Waals surface area contributed by atoms with Crippen molar-refractivity contribution in [2.45, 2.75) is 58.3 Å². The molecule has 0 radical (unpaired) electrons. The van der Waals surface area contributed by atoms with E-state index in [1.54, 1.807) is 12.4 Å². The van der Waals surface area contributed by atoms with Gasteiger partial charge in [0.1, 0.15) is 11.6 Å². The van der Waals surface area contributed by atoms with Crippen molar-refractivity contribution >= 4 is 17.5 Å². The summed E-state index contributed by atoms with van der Waals surface area (Å²) in [6.07, 6.45) is 10.5. The molecule has 0 N–H and O–H groups in total. The van der Waals surface area contributed by atoms with Gasteiger partial charge in [0.15, 0.2) is 0 Å². The van der Waals surface area contributed by atoms with Crippen molar-refractivity contribution in [2.24, 2.45) is 11.8 Å². The van der Waals surface area contributed by atoms with Crippen molar-refractivity contribution < 1.29 is 8.78 Å². The van der Waals surface area contributed by atoms with Crippen LogP contribution in [0, 0.1) is 23.5 Å². The van der Waals surface area contributed by atoms with Crippen molar-refractivity contribution in [2.75, 3.05) is 31.1 Å². The average Bonchev–Trinajstić information content (AvgIpc) is 2.82. The Morgan fingerprint density at radius 2 is 1.67 bits per heavy atom. The molecule has 1 aromatic heterocycles. The predicted molar refractivity (Wildman–Crippen MR) is 143 cm³/mol. The Hall–Kier alpha value is -2.47. The van der Waals surface area contributed by atoms with E-state index in [0.717, 1.165) is 81.9 Å². The van der Waals surface area contributed by atoms with Crippen LogP contribution in [0.2, 0.25) is 5.02 Å². The standard InChI is InChI=1S/C29H37ClF2N4/c1-20(2)12-24-18-36(19-24)21(3)13-26-27(31)14-23(15-28(26)32)7-5-4-6-22-8-10-35(11-9-22)29-33-16-25(30)17-34-29/h14-17,22,24H,1,3-13,18-19H2,2H3. The number of likely N-dealkylation sites (tertiary alicyclic amines) is 1. The maximum atomic E-state index is 14.8. The quantitative estimate of drug-likeness (QED) is 0.239. The highest BCUT2D eigenvalue weighted by molar-refractivity contribution is 6.30. The Bertz CT molecular complexity index is 1030. The van der Waals surface area contributed by atoms with Crippen molar-refractivity contribution in [3.05, 3.63) is 76.7 Å². The second kappa shape index (κ2) is 12.2. The summed E-state index contributed by atoms with van der Waals surface area (Å²) in [5, 5.41) is 0.549. The monoisotopic (exact) mass is 514 g/mol. The van der Waals surface area contributed by atoms with Crippen LogP contribution in [0.4, 0.5) is 14.7 Å². The molecule has 0 unspecified atom stereocenters. The summed E-state index contributed by atoms with van der Waals surface area (Å²) in [7, 11) is 0. The van der Waals surface area contributed by atoms with Crippen LogP contribution in [0.1, 0.15) is 56.6 Å². The molecule has 2 fully saturated rings. The molecular formula is C29H37ClF2N4. The van der Waals surface area contributed by atoms with E-state index in [9.17, 15) is 8.78 Å². The van der Waals surface area contributed by atoms with Gasteiger partial charge in [0.25, 0.3) is 0 Å². The largest absolute Gasteiger partial charge is 0.374 e. The number of hydrogen-bond acceptors (Lipinski definition) is 4. The third kappa shape index (κ3) is 7.06. The zero-order valence-electron chi connectivity index (χ0n) is 21.3. The van der Waals surface area contributed by atoms with E-state index in [2.05, 4.69) is 32.9 Å². The van der Waals surface area contributed by atoms with Crippen molar-refractivity contribution in [3.63, 3.8) is 0 Å². The summed E-state index contributed by atoms with van der Waals surface area (Å²) < 4.78 is 29.5. The van der Waals surface area contributed by atoms with Gasteiger partial charge >= 0.3 is 0 Å². The first-order valence-electron chi connectivity index (χ1n) is 13.0. The molecule has 0 saturated carbocycles. The molecule has 0 atom stereocenters. The smallest absolute Gasteiger partial charge is 0.225 e. The van der Waals surface area contributed by atoms with Gasteiger partial charge in [0.2, 0.25) is 5.95 Å². The minimum absolute atomic E-state index is 0.128. The Kier molecular flexibility index (Phi) is 9.00. The highest BCUT2D eigenvalue weighted by Gasteiger charge is 2.28.